The number of aliphatic hydroxyl groups excluding tert-OH is 1. The van der Waals surface area contributed by atoms with Crippen LogP contribution in [0.5, 0.6) is 0 Å². The molecular formula is C15H21N3O3. The van der Waals surface area contributed by atoms with Crippen molar-refractivity contribution < 1.29 is 15.1 Å². The van der Waals surface area contributed by atoms with Crippen LogP contribution in [0, 0.1) is 5.92 Å². The number of benzene rings is 1. The topological polar surface area (TPSA) is 99.2 Å². The smallest absolute Gasteiger partial charge is 0.226 e. The van der Waals surface area contributed by atoms with Crippen LogP contribution in [0.15, 0.2) is 29.4 Å². The minimum atomic E-state index is -0.190. The summed E-state index contributed by atoms with van der Waals surface area (Å²) >= 11 is 0. The number of amidine groups is 1. The maximum absolute atomic E-state index is 12.1. The first-order chi connectivity index (χ1) is 9.99. The van der Waals surface area contributed by atoms with Gasteiger partial charge in [-0.05, 0) is 24.3 Å². The summed E-state index contributed by atoms with van der Waals surface area (Å²) in [4.78, 5) is 13.8. The number of nitrogens with zero attached hydrogens (tertiary/aromatic N) is 2. The van der Waals surface area contributed by atoms with E-state index in [4.69, 9.17) is 10.9 Å². The standard InChI is InChI=1S/C15H21N3O3/c1-18(9-11-6-13(19)7-11)14(20)8-10-2-4-12(5-3-10)15(16)17-21/h2-5,11,13,19,21H,6-9H2,1H3,(H2,16,17). The van der Waals surface area contributed by atoms with Gasteiger partial charge >= 0.3 is 0 Å². The van der Waals surface area contributed by atoms with Crippen molar-refractivity contribution in [3.63, 3.8) is 0 Å². The molecule has 0 saturated heterocycles. The van der Waals surface area contributed by atoms with Crippen LogP contribution in [-0.4, -0.2) is 46.7 Å². The van der Waals surface area contributed by atoms with E-state index >= 15 is 0 Å². The van der Waals surface area contributed by atoms with Gasteiger partial charge in [-0.25, -0.2) is 0 Å². The van der Waals surface area contributed by atoms with E-state index in [1.165, 1.54) is 0 Å². The van der Waals surface area contributed by atoms with Crippen LogP contribution in [0.3, 0.4) is 0 Å². The highest BCUT2D eigenvalue weighted by molar-refractivity contribution is 5.97. The van der Waals surface area contributed by atoms with Crippen molar-refractivity contribution in [1.29, 1.82) is 0 Å². The molecular weight excluding hydrogens is 270 g/mol. The lowest BCUT2D eigenvalue weighted by Gasteiger charge is -2.34. The molecule has 0 bridgehead atoms. The summed E-state index contributed by atoms with van der Waals surface area (Å²) in [5, 5.41) is 20.8. The van der Waals surface area contributed by atoms with Crippen LogP contribution >= 0.6 is 0 Å². The monoisotopic (exact) mass is 291 g/mol. The molecule has 0 spiro atoms. The van der Waals surface area contributed by atoms with E-state index in [0.29, 0.717) is 24.4 Å². The van der Waals surface area contributed by atoms with Gasteiger partial charge in [0.15, 0.2) is 5.84 Å². The molecule has 0 unspecified atom stereocenters. The van der Waals surface area contributed by atoms with Crippen LogP contribution < -0.4 is 5.73 Å². The van der Waals surface area contributed by atoms with Gasteiger partial charge in [0.2, 0.25) is 5.91 Å². The predicted molar refractivity (Wildman–Crippen MR) is 79.0 cm³/mol. The number of nitrogens with two attached hydrogens (primary N) is 1. The van der Waals surface area contributed by atoms with Crippen molar-refractivity contribution >= 4 is 11.7 Å². The minimum Gasteiger partial charge on any atom is -0.409 e. The van der Waals surface area contributed by atoms with Gasteiger partial charge in [0, 0.05) is 19.2 Å². The Balaban J connectivity index is 1.87. The van der Waals surface area contributed by atoms with Crippen molar-refractivity contribution in [3.8, 4) is 0 Å². The van der Waals surface area contributed by atoms with Gasteiger partial charge in [0.05, 0.1) is 12.5 Å². The van der Waals surface area contributed by atoms with Gasteiger partial charge in [-0.2, -0.15) is 0 Å². The summed E-state index contributed by atoms with van der Waals surface area (Å²) in [6.07, 6.45) is 1.70. The van der Waals surface area contributed by atoms with Crippen molar-refractivity contribution in [2.24, 2.45) is 16.8 Å². The van der Waals surface area contributed by atoms with Gasteiger partial charge in [-0.15, -0.1) is 0 Å². The minimum absolute atomic E-state index is 0.0490. The summed E-state index contributed by atoms with van der Waals surface area (Å²) in [7, 11) is 1.79. The molecule has 1 aromatic carbocycles. The third-order valence-corrected chi connectivity index (χ3v) is 3.88. The first kappa shape index (κ1) is 15.3. The number of carbonyl (C=O) groups is 1. The highest BCUT2D eigenvalue weighted by Gasteiger charge is 2.28. The fraction of sp³-hybridized carbons (Fsp3) is 0.467. The first-order valence-electron chi connectivity index (χ1n) is 6.98. The van der Waals surface area contributed by atoms with Crippen molar-refractivity contribution in [3.05, 3.63) is 35.4 Å². The number of hydrogen-bond acceptors (Lipinski definition) is 4. The number of hydrogen-bond donors (Lipinski definition) is 3. The molecule has 1 amide bonds. The van der Waals surface area contributed by atoms with Gasteiger partial charge in [-0.1, -0.05) is 29.4 Å². The van der Waals surface area contributed by atoms with Crippen molar-refractivity contribution in [2.75, 3.05) is 13.6 Å². The molecule has 0 aliphatic heterocycles. The molecule has 1 aliphatic carbocycles. The molecule has 6 heteroatoms. The predicted octanol–water partition coefficient (Wildman–Crippen LogP) is 0.553. The van der Waals surface area contributed by atoms with Crippen molar-refractivity contribution in [1.82, 2.24) is 4.90 Å². The van der Waals surface area contributed by atoms with Gasteiger partial charge < -0.3 is 20.9 Å². The molecule has 0 atom stereocenters. The largest absolute Gasteiger partial charge is 0.409 e. The Bertz CT molecular complexity index is 521. The van der Waals surface area contributed by atoms with E-state index in [2.05, 4.69) is 5.16 Å². The van der Waals surface area contributed by atoms with Crippen molar-refractivity contribution in [2.45, 2.75) is 25.4 Å². The Morgan fingerprint density at radius 3 is 2.52 bits per heavy atom. The van der Waals surface area contributed by atoms with Crippen LogP contribution in [0.4, 0.5) is 0 Å². The lowest BCUT2D eigenvalue weighted by atomic mass is 9.82. The Labute approximate surface area is 123 Å². The summed E-state index contributed by atoms with van der Waals surface area (Å²) < 4.78 is 0. The lowest BCUT2D eigenvalue weighted by molar-refractivity contribution is -0.130. The maximum Gasteiger partial charge on any atom is 0.226 e. The molecule has 6 nitrogen and oxygen atoms in total. The normalized spacial score (nSPS) is 21.7. The molecule has 1 aliphatic rings. The number of aliphatic hydroxyl groups is 1. The number of rotatable bonds is 5. The summed E-state index contributed by atoms with van der Waals surface area (Å²) in [6.45, 7) is 0.693. The number of amides is 1. The molecule has 21 heavy (non-hydrogen) atoms. The lowest BCUT2D eigenvalue weighted by Crippen LogP contribution is -2.40. The summed E-state index contributed by atoms with van der Waals surface area (Å²) in [5.74, 6) is 0.512. The third-order valence-electron chi connectivity index (χ3n) is 3.88. The molecule has 0 aromatic heterocycles. The molecule has 1 fully saturated rings. The highest BCUT2D eigenvalue weighted by Crippen LogP contribution is 2.27. The van der Waals surface area contributed by atoms with E-state index in [-0.39, 0.29) is 17.8 Å². The molecule has 114 valence electrons. The Morgan fingerprint density at radius 1 is 1.38 bits per heavy atom. The summed E-state index contributed by atoms with van der Waals surface area (Å²) in [5.41, 5.74) is 6.99. The van der Waals surface area contributed by atoms with Gasteiger partial charge in [0.1, 0.15) is 0 Å². The number of likely N-dealkylation sites (N-methyl/N-ethyl adjacent to an activating group) is 1. The van der Waals surface area contributed by atoms with Crippen LogP contribution in [-0.2, 0) is 11.2 Å². The number of oxime groups is 1. The van der Waals surface area contributed by atoms with E-state index < -0.39 is 0 Å². The average Bonchev–Trinajstić information content (AvgIpc) is 2.45. The Morgan fingerprint density at radius 2 is 2.00 bits per heavy atom. The van der Waals surface area contributed by atoms with Crippen LogP contribution in [0.25, 0.3) is 0 Å². The van der Waals surface area contributed by atoms with Gasteiger partial charge in [0.25, 0.3) is 0 Å². The van der Waals surface area contributed by atoms with Gasteiger partial charge in [-0.3, -0.25) is 4.79 Å². The quantitative estimate of drug-likeness (QED) is 0.319. The maximum atomic E-state index is 12.1. The highest BCUT2D eigenvalue weighted by atomic mass is 16.4. The average molecular weight is 291 g/mol. The Hall–Kier alpha value is -2.08. The van der Waals surface area contributed by atoms with E-state index in [1.807, 2.05) is 0 Å². The van der Waals surface area contributed by atoms with E-state index in [9.17, 15) is 9.90 Å². The SMILES string of the molecule is CN(CC1CC(O)C1)C(=O)Cc1ccc(C(N)=NO)cc1. The second-order valence-corrected chi connectivity index (χ2v) is 5.62. The van der Waals surface area contributed by atoms with E-state index in [1.54, 1.807) is 36.2 Å². The van der Waals surface area contributed by atoms with Crippen LogP contribution in [0.1, 0.15) is 24.0 Å². The fourth-order valence-electron chi connectivity index (χ4n) is 2.50. The summed E-state index contributed by atoms with van der Waals surface area (Å²) in [6, 6.07) is 7.04. The molecule has 0 heterocycles. The van der Waals surface area contributed by atoms with E-state index in [0.717, 1.165) is 18.4 Å². The fourth-order valence-corrected chi connectivity index (χ4v) is 2.50. The Kier molecular flexibility index (Phi) is 4.80. The molecule has 2 rings (SSSR count). The third kappa shape index (κ3) is 3.95. The number of carbonyl (C=O) groups excluding carboxylic acids is 1. The molecule has 4 N–H and O–H groups in total. The first-order valence-corrected chi connectivity index (χ1v) is 6.98. The van der Waals surface area contributed by atoms with Crippen LogP contribution in [0.2, 0.25) is 0 Å². The second-order valence-electron chi connectivity index (χ2n) is 5.62. The zero-order valence-corrected chi connectivity index (χ0v) is 12.1. The molecule has 1 saturated carbocycles. The zero-order chi connectivity index (χ0) is 15.4. The second kappa shape index (κ2) is 6.58. The molecule has 1 aromatic rings. The zero-order valence-electron chi connectivity index (χ0n) is 12.1. The molecule has 0 radical (unpaired) electrons.